The molecule has 0 spiro atoms. The van der Waals surface area contributed by atoms with E-state index in [0.717, 1.165) is 19.4 Å². The van der Waals surface area contributed by atoms with E-state index in [1.54, 1.807) is 0 Å². The first kappa shape index (κ1) is 10.1. The Morgan fingerprint density at radius 3 is 2.71 bits per heavy atom. The van der Waals surface area contributed by atoms with E-state index in [9.17, 15) is 13.2 Å². The van der Waals surface area contributed by atoms with Crippen molar-refractivity contribution in [2.75, 3.05) is 24.6 Å². The Labute approximate surface area is 84.2 Å². The van der Waals surface area contributed by atoms with Crippen molar-refractivity contribution in [2.45, 2.75) is 25.3 Å². The first-order chi connectivity index (χ1) is 6.57. The van der Waals surface area contributed by atoms with Gasteiger partial charge >= 0.3 is 0 Å². The molecule has 0 aromatic carbocycles. The van der Waals surface area contributed by atoms with E-state index in [1.165, 1.54) is 0 Å². The zero-order valence-electron chi connectivity index (χ0n) is 8.11. The van der Waals surface area contributed by atoms with E-state index in [4.69, 9.17) is 0 Å². The number of nitrogens with zero attached hydrogens (tertiary/aromatic N) is 1. The lowest BCUT2D eigenvalue weighted by atomic mass is 10.1. The van der Waals surface area contributed by atoms with Crippen LogP contribution in [0.1, 0.15) is 19.3 Å². The van der Waals surface area contributed by atoms with Crippen molar-refractivity contribution in [3.8, 4) is 0 Å². The summed E-state index contributed by atoms with van der Waals surface area (Å²) in [6, 6.07) is 0.0974. The van der Waals surface area contributed by atoms with Gasteiger partial charge in [-0.2, -0.15) is 0 Å². The topological polar surface area (TPSA) is 54.5 Å². The van der Waals surface area contributed by atoms with Gasteiger partial charge in [-0.15, -0.1) is 0 Å². The second-order valence-electron chi connectivity index (χ2n) is 4.17. The average molecular weight is 217 g/mol. The molecule has 0 aliphatic carbocycles. The maximum atomic E-state index is 11.4. The summed E-state index contributed by atoms with van der Waals surface area (Å²) in [5.41, 5.74) is 0. The first-order valence-corrected chi connectivity index (χ1v) is 6.85. The Morgan fingerprint density at radius 1 is 1.36 bits per heavy atom. The average Bonchev–Trinajstić information content (AvgIpc) is 2.50. The Bertz CT molecular complexity index is 336. The number of hydrogen-bond donors (Lipinski definition) is 0. The molecule has 80 valence electrons. The van der Waals surface area contributed by atoms with E-state index in [2.05, 4.69) is 0 Å². The third kappa shape index (κ3) is 2.15. The summed E-state index contributed by atoms with van der Waals surface area (Å²) in [5.74, 6) is 0.818. The van der Waals surface area contributed by atoms with Crippen molar-refractivity contribution >= 4 is 15.6 Å². The minimum Gasteiger partial charge on any atom is -0.298 e. The molecule has 4 nitrogen and oxygen atoms in total. The Balaban J connectivity index is 2.01. The van der Waals surface area contributed by atoms with Crippen LogP contribution in [0.2, 0.25) is 0 Å². The summed E-state index contributed by atoms with van der Waals surface area (Å²) >= 11 is 0. The maximum Gasteiger partial charge on any atom is 0.151 e. The van der Waals surface area contributed by atoms with E-state index in [0.29, 0.717) is 18.7 Å². The molecule has 0 radical (unpaired) electrons. The zero-order chi connectivity index (χ0) is 10.2. The Hall–Kier alpha value is -0.420. The molecule has 2 fully saturated rings. The number of hydrogen-bond acceptors (Lipinski definition) is 4. The minimum absolute atomic E-state index is 0.0974. The fraction of sp³-hybridized carbons (Fsp3) is 0.889. The molecule has 0 bridgehead atoms. The molecule has 2 aliphatic rings. The van der Waals surface area contributed by atoms with Crippen LogP contribution in [0.25, 0.3) is 0 Å². The van der Waals surface area contributed by atoms with Crippen LogP contribution in [0.5, 0.6) is 0 Å². The summed E-state index contributed by atoms with van der Waals surface area (Å²) in [5, 5.41) is 0. The van der Waals surface area contributed by atoms with Gasteiger partial charge in [0.05, 0.1) is 18.1 Å². The lowest BCUT2D eigenvalue weighted by Gasteiger charge is -2.29. The van der Waals surface area contributed by atoms with Gasteiger partial charge in [0.25, 0.3) is 0 Å². The maximum absolute atomic E-state index is 11.4. The molecule has 1 atom stereocenters. The molecule has 2 heterocycles. The predicted molar refractivity (Wildman–Crippen MR) is 52.9 cm³/mol. The fourth-order valence-electron chi connectivity index (χ4n) is 2.25. The molecule has 0 aromatic rings. The summed E-state index contributed by atoms with van der Waals surface area (Å²) < 4.78 is 22.8. The van der Waals surface area contributed by atoms with Gasteiger partial charge in [0.15, 0.2) is 9.84 Å². The van der Waals surface area contributed by atoms with Crippen molar-refractivity contribution in [3.63, 3.8) is 0 Å². The van der Waals surface area contributed by atoms with Crippen LogP contribution in [0, 0.1) is 0 Å². The van der Waals surface area contributed by atoms with Crippen LogP contribution in [0.15, 0.2) is 0 Å². The highest BCUT2D eigenvalue weighted by molar-refractivity contribution is 7.91. The quantitative estimate of drug-likeness (QED) is 0.612. The number of carbonyl (C=O) groups is 1. The second-order valence-corrected chi connectivity index (χ2v) is 6.40. The molecule has 0 N–H and O–H groups in total. The largest absolute Gasteiger partial charge is 0.298 e. The van der Waals surface area contributed by atoms with Crippen molar-refractivity contribution in [1.29, 1.82) is 0 Å². The van der Waals surface area contributed by atoms with Crippen molar-refractivity contribution < 1.29 is 13.2 Å². The summed E-state index contributed by atoms with van der Waals surface area (Å²) in [4.78, 5) is 13.1. The van der Waals surface area contributed by atoms with E-state index < -0.39 is 9.84 Å². The number of ketones is 1. The van der Waals surface area contributed by atoms with Crippen LogP contribution in [-0.4, -0.2) is 49.7 Å². The van der Waals surface area contributed by atoms with Gasteiger partial charge in [-0.05, 0) is 12.8 Å². The molecule has 0 amide bonds. The smallest absolute Gasteiger partial charge is 0.151 e. The molecule has 2 aliphatic heterocycles. The van der Waals surface area contributed by atoms with Crippen molar-refractivity contribution in [1.82, 2.24) is 4.90 Å². The molecule has 0 aromatic heterocycles. The Morgan fingerprint density at radius 2 is 2.14 bits per heavy atom. The predicted octanol–water partition coefficient (Wildman–Crippen LogP) is -0.162. The number of sulfone groups is 1. The van der Waals surface area contributed by atoms with Gasteiger partial charge < -0.3 is 0 Å². The van der Waals surface area contributed by atoms with Gasteiger partial charge in [-0.3, -0.25) is 9.69 Å². The van der Waals surface area contributed by atoms with Gasteiger partial charge in [0.2, 0.25) is 0 Å². The molecule has 2 rings (SSSR count). The van der Waals surface area contributed by atoms with Crippen LogP contribution in [0.3, 0.4) is 0 Å². The molecular formula is C9H15NO3S. The SMILES string of the molecule is O=C1CCN(C2CCCS(=O)(=O)C2)C1. The van der Waals surface area contributed by atoms with Gasteiger partial charge in [0, 0.05) is 19.0 Å². The normalized spacial score (nSPS) is 33.4. The highest BCUT2D eigenvalue weighted by Crippen LogP contribution is 2.20. The summed E-state index contributed by atoms with van der Waals surface area (Å²) in [6.07, 6.45) is 2.26. The molecule has 14 heavy (non-hydrogen) atoms. The minimum atomic E-state index is -2.84. The number of carbonyl (C=O) groups excluding carboxylic acids is 1. The van der Waals surface area contributed by atoms with Crippen LogP contribution in [-0.2, 0) is 14.6 Å². The van der Waals surface area contributed by atoms with Crippen LogP contribution < -0.4 is 0 Å². The number of likely N-dealkylation sites (tertiary alicyclic amines) is 1. The highest BCUT2D eigenvalue weighted by Gasteiger charge is 2.32. The molecular weight excluding hydrogens is 202 g/mol. The van der Waals surface area contributed by atoms with Crippen LogP contribution in [0.4, 0.5) is 0 Å². The van der Waals surface area contributed by atoms with Crippen molar-refractivity contribution in [3.05, 3.63) is 0 Å². The monoisotopic (exact) mass is 217 g/mol. The molecule has 5 heteroatoms. The summed E-state index contributed by atoms with van der Waals surface area (Å²) in [7, 11) is -2.84. The number of rotatable bonds is 1. The summed E-state index contributed by atoms with van der Waals surface area (Å²) in [6.45, 7) is 1.21. The van der Waals surface area contributed by atoms with E-state index >= 15 is 0 Å². The fourth-order valence-corrected chi connectivity index (χ4v) is 3.99. The molecule has 1 unspecified atom stereocenters. The Kier molecular flexibility index (Phi) is 2.62. The lowest BCUT2D eigenvalue weighted by molar-refractivity contribution is -0.117. The third-order valence-electron chi connectivity index (χ3n) is 3.01. The second kappa shape index (κ2) is 3.62. The standard InChI is InChI=1S/C9H15NO3S/c11-9-3-4-10(6-9)8-2-1-5-14(12,13)7-8/h8H,1-7H2. The zero-order valence-corrected chi connectivity index (χ0v) is 8.92. The highest BCUT2D eigenvalue weighted by atomic mass is 32.2. The lowest BCUT2D eigenvalue weighted by Crippen LogP contribution is -2.42. The third-order valence-corrected chi connectivity index (χ3v) is 4.82. The van der Waals surface area contributed by atoms with Crippen LogP contribution >= 0.6 is 0 Å². The number of Topliss-reactive ketones (excluding diaryl/α,β-unsaturated/α-hetero) is 1. The van der Waals surface area contributed by atoms with E-state index in [1.807, 2.05) is 4.90 Å². The molecule has 0 saturated carbocycles. The van der Waals surface area contributed by atoms with E-state index in [-0.39, 0.29) is 17.6 Å². The van der Waals surface area contributed by atoms with Gasteiger partial charge in [-0.25, -0.2) is 8.42 Å². The first-order valence-electron chi connectivity index (χ1n) is 5.03. The van der Waals surface area contributed by atoms with Gasteiger partial charge in [0.1, 0.15) is 5.78 Å². The van der Waals surface area contributed by atoms with Gasteiger partial charge in [-0.1, -0.05) is 0 Å². The van der Waals surface area contributed by atoms with Crippen molar-refractivity contribution in [2.24, 2.45) is 0 Å². The molecule has 2 saturated heterocycles.